The van der Waals surface area contributed by atoms with Gasteiger partial charge in [0.25, 0.3) is 0 Å². The molecule has 1 aromatic carbocycles. The molecule has 4 aromatic rings. The van der Waals surface area contributed by atoms with Crippen LogP contribution < -0.4 is 9.64 Å². The summed E-state index contributed by atoms with van der Waals surface area (Å²) in [7, 11) is 0. The van der Waals surface area contributed by atoms with Gasteiger partial charge >= 0.3 is 0 Å². The Bertz CT molecular complexity index is 1440. The number of aromatic nitrogens is 4. The fourth-order valence-electron chi connectivity index (χ4n) is 5.49. The smallest absolute Gasteiger partial charge is 0.173 e. The van der Waals surface area contributed by atoms with Crippen LogP contribution in [-0.4, -0.2) is 63.0 Å². The van der Waals surface area contributed by atoms with Crippen LogP contribution in [0.3, 0.4) is 0 Å². The Hall–Kier alpha value is -3.37. The van der Waals surface area contributed by atoms with Crippen molar-refractivity contribution in [3.05, 3.63) is 59.9 Å². The molecule has 1 fully saturated rings. The molecule has 2 atom stereocenters. The summed E-state index contributed by atoms with van der Waals surface area (Å²) in [5, 5.41) is 4.22. The van der Waals surface area contributed by atoms with Crippen molar-refractivity contribution in [2.45, 2.75) is 39.3 Å². The molecule has 0 amide bonds. The van der Waals surface area contributed by atoms with Crippen LogP contribution in [0.1, 0.15) is 26.3 Å². The minimum Gasteiger partial charge on any atom is -0.491 e. The molecule has 0 aliphatic carbocycles. The van der Waals surface area contributed by atoms with E-state index in [1.165, 1.54) is 34.5 Å². The van der Waals surface area contributed by atoms with Gasteiger partial charge in [0.1, 0.15) is 35.1 Å². The van der Waals surface area contributed by atoms with Crippen molar-refractivity contribution >= 4 is 17.2 Å². The Balaban J connectivity index is 1.38. The topological polar surface area (TPSA) is 59.3 Å². The minimum atomic E-state index is -0.693. The van der Waals surface area contributed by atoms with Gasteiger partial charge in [0.2, 0.25) is 0 Å². The number of ether oxygens (including phenoxy) is 1. The predicted octanol–water partition coefficient (Wildman–Crippen LogP) is 5.19. The molecule has 3 aromatic heterocycles. The molecular weight excluding hydrogens is 494 g/mol. The van der Waals surface area contributed by atoms with Gasteiger partial charge in [0.15, 0.2) is 11.6 Å². The summed E-state index contributed by atoms with van der Waals surface area (Å²) < 4.78 is 35.5. The molecule has 0 saturated carbocycles. The van der Waals surface area contributed by atoms with Gasteiger partial charge in [-0.25, -0.2) is 23.4 Å². The number of nitrogens with zero attached hydrogens (tertiary/aromatic N) is 6. The number of hydrogen-bond acceptors (Lipinski definition) is 7. The first-order valence-electron chi connectivity index (χ1n) is 12.6. The molecule has 5 heterocycles. The van der Waals surface area contributed by atoms with Crippen molar-refractivity contribution < 1.29 is 13.5 Å². The highest BCUT2D eigenvalue weighted by Gasteiger charge is 2.30. The van der Waals surface area contributed by atoms with Crippen LogP contribution in [0.2, 0.25) is 0 Å². The van der Waals surface area contributed by atoms with Crippen molar-refractivity contribution in [3.8, 4) is 32.7 Å². The largest absolute Gasteiger partial charge is 0.491 e. The second kappa shape index (κ2) is 9.50. The zero-order valence-electron chi connectivity index (χ0n) is 21.0. The highest BCUT2D eigenvalue weighted by molar-refractivity contribution is 7.19. The molecule has 2 aliphatic rings. The van der Waals surface area contributed by atoms with Crippen LogP contribution in [0, 0.1) is 11.6 Å². The van der Waals surface area contributed by atoms with Crippen LogP contribution >= 0.6 is 11.3 Å². The molecular formula is C27H28F2N6OS. The zero-order chi connectivity index (χ0) is 25.7. The van der Waals surface area contributed by atoms with Crippen LogP contribution in [0.15, 0.2) is 42.7 Å². The Kier molecular flexibility index (Phi) is 6.16. The maximum absolute atomic E-state index is 14.6. The number of fused-ring (bicyclic) bond motifs is 3. The zero-order valence-corrected chi connectivity index (χ0v) is 21.8. The molecule has 10 heteroatoms. The number of halogens is 2. The van der Waals surface area contributed by atoms with Gasteiger partial charge in [0, 0.05) is 37.7 Å². The first kappa shape index (κ1) is 24.0. The molecule has 0 radical (unpaired) electrons. The molecule has 2 aliphatic heterocycles. The third-order valence-corrected chi connectivity index (χ3v) is 8.37. The van der Waals surface area contributed by atoms with Gasteiger partial charge < -0.3 is 9.64 Å². The lowest BCUT2D eigenvalue weighted by Crippen LogP contribution is -2.56. The van der Waals surface area contributed by atoms with Crippen LogP contribution in [-0.2, 0) is 6.42 Å². The Morgan fingerprint density at radius 2 is 1.89 bits per heavy atom. The number of anilines is 1. The summed E-state index contributed by atoms with van der Waals surface area (Å²) in [5.74, 6) is 0.873. The first-order chi connectivity index (χ1) is 17.9. The third-order valence-electron chi connectivity index (χ3n) is 7.19. The lowest BCUT2D eigenvalue weighted by atomic mass is 10.1. The maximum atomic E-state index is 14.6. The standard InChI is InChI=1S/C27H28F2N6OS/c1-4-34-16(2)13-33(14-17(34)3)24-8-7-22-25(32-24)26-18(9-10-36-22)11-23(37-26)27-30-15-31-35(27)21-6-5-19(28)12-20(21)29/h5-8,11-12,15-17H,4,9-10,13-14H2,1-3H3/t16-,17+. The fourth-order valence-corrected chi connectivity index (χ4v) is 6.68. The average Bonchev–Trinajstić information content (AvgIpc) is 3.48. The number of thiophene rings is 1. The van der Waals surface area contributed by atoms with E-state index in [1.54, 1.807) is 0 Å². The number of likely N-dealkylation sites (N-methyl/N-ethyl adjacent to an activating group) is 1. The summed E-state index contributed by atoms with van der Waals surface area (Å²) in [6.45, 7) is 10.2. The van der Waals surface area contributed by atoms with E-state index in [2.05, 4.69) is 46.7 Å². The summed E-state index contributed by atoms with van der Waals surface area (Å²) in [6, 6.07) is 10.4. The van der Waals surface area contributed by atoms with Gasteiger partial charge in [-0.05, 0) is 56.3 Å². The van der Waals surface area contributed by atoms with E-state index in [0.29, 0.717) is 24.5 Å². The number of pyridine rings is 1. The van der Waals surface area contributed by atoms with Crippen molar-refractivity contribution in [2.24, 2.45) is 0 Å². The Morgan fingerprint density at radius 1 is 1.08 bits per heavy atom. The second-order valence-electron chi connectivity index (χ2n) is 9.60. The molecule has 37 heavy (non-hydrogen) atoms. The number of rotatable bonds is 4. The SMILES string of the molecule is CCN1[C@H](C)CN(c2ccc3c(n2)-c2sc(-c4ncnn4-c4ccc(F)cc4F)cc2CCO3)C[C@@H]1C. The van der Waals surface area contributed by atoms with Crippen molar-refractivity contribution in [1.82, 2.24) is 24.6 Å². The van der Waals surface area contributed by atoms with E-state index in [9.17, 15) is 8.78 Å². The van der Waals surface area contributed by atoms with E-state index < -0.39 is 11.6 Å². The van der Waals surface area contributed by atoms with Crippen LogP contribution in [0.4, 0.5) is 14.6 Å². The first-order valence-corrected chi connectivity index (χ1v) is 13.4. The predicted molar refractivity (Wildman–Crippen MR) is 141 cm³/mol. The van der Waals surface area contributed by atoms with E-state index in [-0.39, 0.29) is 5.69 Å². The molecule has 0 bridgehead atoms. The summed E-state index contributed by atoms with van der Waals surface area (Å²) in [5.41, 5.74) is 2.07. The average molecular weight is 523 g/mol. The summed E-state index contributed by atoms with van der Waals surface area (Å²) >= 11 is 1.54. The molecule has 0 spiro atoms. The van der Waals surface area contributed by atoms with Crippen LogP contribution in [0.5, 0.6) is 5.75 Å². The molecule has 1 saturated heterocycles. The van der Waals surface area contributed by atoms with E-state index in [1.807, 2.05) is 12.1 Å². The highest BCUT2D eigenvalue weighted by Crippen LogP contribution is 2.43. The van der Waals surface area contributed by atoms with Crippen molar-refractivity contribution in [1.29, 1.82) is 0 Å². The molecule has 0 unspecified atom stereocenters. The normalized spacial score (nSPS) is 19.8. The number of hydrogen-bond donors (Lipinski definition) is 0. The van der Waals surface area contributed by atoms with Crippen LogP contribution in [0.25, 0.3) is 27.0 Å². The summed E-state index contributed by atoms with van der Waals surface area (Å²) in [6.07, 6.45) is 2.11. The Labute approximate surface area is 218 Å². The van der Waals surface area contributed by atoms with Crippen molar-refractivity contribution in [3.63, 3.8) is 0 Å². The van der Waals surface area contributed by atoms with E-state index in [0.717, 1.165) is 64.7 Å². The lowest BCUT2D eigenvalue weighted by Gasteiger charge is -2.44. The van der Waals surface area contributed by atoms with Gasteiger partial charge in [-0.1, -0.05) is 6.92 Å². The molecule has 192 valence electrons. The number of piperazine rings is 1. The number of benzene rings is 1. The molecule has 0 N–H and O–H groups in total. The Morgan fingerprint density at radius 3 is 2.65 bits per heavy atom. The monoisotopic (exact) mass is 522 g/mol. The summed E-state index contributed by atoms with van der Waals surface area (Å²) in [4.78, 5) is 16.2. The lowest BCUT2D eigenvalue weighted by molar-refractivity contribution is 0.139. The van der Waals surface area contributed by atoms with Gasteiger partial charge in [0.05, 0.1) is 16.4 Å². The second-order valence-corrected chi connectivity index (χ2v) is 10.7. The van der Waals surface area contributed by atoms with Gasteiger partial charge in [-0.2, -0.15) is 5.10 Å². The minimum absolute atomic E-state index is 0.149. The maximum Gasteiger partial charge on any atom is 0.173 e. The van der Waals surface area contributed by atoms with E-state index in [4.69, 9.17) is 9.72 Å². The quantitative estimate of drug-likeness (QED) is 0.368. The van der Waals surface area contributed by atoms with Crippen molar-refractivity contribution in [2.75, 3.05) is 31.1 Å². The molecule has 7 nitrogen and oxygen atoms in total. The van der Waals surface area contributed by atoms with E-state index >= 15 is 0 Å². The fraction of sp³-hybridized carbons (Fsp3) is 0.370. The van der Waals surface area contributed by atoms with Gasteiger partial charge in [-0.15, -0.1) is 11.3 Å². The highest BCUT2D eigenvalue weighted by atomic mass is 32.1. The third kappa shape index (κ3) is 4.27. The molecule has 6 rings (SSSR count). The van der Waals surface area contributed by atoms with Gasteiger partial charge in [-0.3, -0.25) is 4.90 Å².